The molecule has 0 bridgehead atoms. The van der Waals surface area contributed by atoms with Crippen LogP contribution in [0.2, 0.25) is 0 Å². The van der Waals surface area contributed by atoms with Crippen LogP contribution in [0.5, 0.6) is 0 Å². The van der Waals surface area contributed by atoms with Crippen molar-refractivity contribution in [2.24, 2.45) is 0 Å². The van der Waals surface area contributed by atoms with Crippen LogP contribution in [0.1, 0.15) is 48.5 Å². The first kappa shape index (κ1) is 13.8. The molecule has 2 rings (SSSR count). The van der Waals surface area contributed by atoms with E-state index in [1.165, 1.54) is 4.88 Å². The van der Waals surface area contributed by atoms with Gasteiger partial charge in [-0.3, -0.25) is 5.32 Å². The Kier molecular flexibility index (Phi) is 4.59. The maximum atomic E-state index is 5.55. The van der Waals surface area contributed by atoms with Gasteiger partial charge in [0.25, 0.3) is 0 Å². The van der Waals surface area contributed by atoms with Crippen molar-refractivity contribution in [1.29, 1.82) is 0 Å². The van der Waals surface area contributed by atoms with Gasteiger partial charge in [0.05, 0.1) is 12.1 Å². The maximum absolute atomic E-state index is 5.55. The fraction of sp³-hybridized carbons (Fsp3) is 0.462. The largest absolute Gasteiger partial charge is 0.453 e. The van der Waals surface area contributed by atoms with Crippen molar-refractivity contribution in [3.8, 4) is 0 Å². The van der Waals surface area contributed by atoms with E-state index in [-0.39, 0.29) is 12.1 Å². The monoisotopic (exact) mass is 328 g/mol. The first-order valence-electron chi connectivity index (χ1n) is 6.06. The lowest BCUT2D eigenvalue weighted by molar-refractivity contribution is 0.393. The third kappa shape index (κ3) is 3.22. The molecule has 98 valence electrons. The molecule has 18 heavy (non-hydrogen) atoms. The zero-order valence-corrected chi connectivity index (χ0v) is 13.1. The summed E-state index contributed by atoms with van der Waals surface area (Å²) in [5, 5.41) is 4.63. The van der Waals surface area contributed by atoms with Crippen LogP contribution in [0.25, 0.3) is 0 Å². The van der Waals surface area contributed by atoms with E-state index in [4.69, 9.17) is 4.42 Å². The van der Waals surface area contributed by atoms with Crippen LogP contribution in [0, 0.1) is 0 Å². The van der Waals surface area contributed by atoms with Gasteiger partial charge in [-0.1, -0.05) is 6.92 Å². The standard InChI is InChI=1S/C13H17BrN2OS/c1-4-10-7-15-13(18-10)9(3)16-8(2)11-5-6-12(14)17-11/h5-9,16H,4H2,1-3H3. The summed E-state index contributed by atoms with van der Waals surface area (Å²) in [6, 6.07) is 4.29. The second-order valence-corrected chi connectivity index (χ2v) is 6.20. The molecular formula is C13H17BrN2OS. The molecule has 2 aromatic heterocycles. The van der Waals surface area contributed by atoms with Gasteiger partial charge < -0.3 is 4.42 Å². The Morgan fingerprint density at radius 2 is 2.17 bits per heavy atom. The number of aromatic nitrogens is 1. The molecule has 3 nitrogen and oxygen atoms in total. The molecular weight excluding hydrogens is 312 g/mol. The van der Waals surface area contributed by atoms with Crippen LogP contribution < -0.4 is 5.32 Å². The highest BCUT2D eigenvalue weighted by atomic mass is 79.9. The van der Waals surface area contributed by atoms with Gasteiger partial charge in [-0.25, -0.2) is 4.98 Å². The molecule has 2 unspecified atom stereocenters. The molecule has 1 N–H and O–H groups in total. The quantitative estimate of drug-likeness (QED) is 0.879. The zero-order chi connectivity index (χ0) is 13.1. The van der Waals surface area contributed by atoms with E-state index in [0.29, 0.717) is 0 Å². The molecule has 2 heterocycles. The fourth-order valence-electron chi connectivity index (χ4n) is 1.78. The summed E-state index contributed by atoms with van der Waals surface area (Å²) in [5.41, 5.74) is 0. The molecule has 2 aromatic rings. The number of halogens is 1. The Balaban J connectivity index is 2.00. The van der Waals surface area contributed by atoms with Gasteiger partial charge in [0.2, 0.25) is 0 Å². The zero-order valence-electron chi connectivity index (χ0n) is 10.7. The minimum atomic E-state index is 0.167. The molecule has 0 saturated heterocycles. The van der Waals surface area contributed by atoms with Crippen molar-refractivity contribution in [2.75, 3.05) is 0 Å². The molecule has 0 aliphatic heterocycles. The number of furan rings is 1. The summed E-state index contributed by atoms with van der Waals surface area (Å²) in [7, 11) is 0. The topological polar surface area (TPSA) is 38.1 Å². The number of rotatable bonds is 5. The Labute approximate surface area is 120 Å². The van der Waals surface area contributed by atoms with E-state index in [9.17, 15) is 0 Å². The van der Waals surface area contributed by atoms with Crippen molar-refractivity contribution >= 4 is 27.3 Å². The number of aryl methyl sites for hydroxylation is 1. The Hall–Kier alpha value is -0.650. The van der Waals surface area contributed by atoms with E-state index in [2.05, 4.69) is 47.0 Å². The minimum Gasteiger partial charge on any atom is -0.453 e. The second-order valence-electron chi connectivity index (χ2n) is 4.27. The average Bonchev–Trinajstić information content (AvgIpc) is 2.97. The first-order chi connectivity index (χ1) is 8.60. The van der Waals surface area contributed by atoms with E-state index in [1.807, 2.05) is 18.3 Å². The second kappa shape index (κ2) is 5.99. The van der Waals surface area contributed by atoms with Crippen LogP contribution in [0.4, 0.5) is 0 Å². The van der Waals surface area contributed by atoms with Gasteiger partial charge in [0.1, 0.15) is 10.8 Å². The first-order valence-corrected chi connectivity index (χ1v) is 7.67. The smallest absolute Gasteiger partial charge is 0.169 e. The summed E-state index contributed by atoms with van der Waals surface area (Å²) in [6.07, 6.45) is 3.01. The van der Waals surface area contributed by atoms with Crippen molar-refractivity contribution in [2.45, 2.75) is 39.3 Å². The molecule has 0 saturated carbocycles. The van der Waals surface area contributed by atoms with Crippen molar-refractivity contribution in [3.63, 3.8) is 0 Å². The maximum Gasteiger partial charge on any atom is 0.169 e. The predicted molar refractivity (Wildman–Crippen MR) is 77.9 cm³/mol. The van der Waals surface area contributed by atoms with Crippen molar-refractivity contribution in [1.82, 2.24) is 10.3 Å². The van der Waals surface area contributed by atoms with Gasteiger partial charge in [0, 0.05) is 11.1 Å². The lowest BCUT2D eigenvalue weighted by Gasteiger charge is -2.16. The molecule has 2 atom stereocenters. The molecule has 0 spiro atoms. The molecule has 0 radical (unpaired) electrons. The fourth-order valence-corrected chi connectivity index (χ4v) is 2.96. The summed E-state index contributed by atoms with van der Waals surface area (Å²) < 4.78 is 6.31. The van der Waals surface area contributed by atoms with E-state index >= 15 is 0 Å². The van der Waals surface area contributed by atoms with E-state index in [0.717, 1.165) is 21.9 Å². The number of thiazole rings is 1. The van der Waals surface area contributed by atoms with Gasteiger partial charge in [0.15, 0.2) is 4.67 Å². The number of hydrogen-bond donors (Lipinski definition) is 1. The lowest BCUT2D eigenvalue weighted by atomic mass is 10.2. The van der Waals surface area contributed by atoms with Crippen molar-refractivity contribution < 1.29 is 4.42 Å². The van der Waals surface area contributed by atoms with Crippen LogP contribution in [-0.2, 0) is 6.42 Å². The molecule has 5 heteroatoms. The Morgan fingerprint density at radius 3 is 2.72 bits per heavy atom. The highest BCUT2D eigenvalue weighted by Crippen LogP contribution is 2.25. The summed E-state index contributed by atoms with van der Waals surface area (Å²) in [4.78, 5) is 5.78. The Bertz CT molecular complexity index is 509. The van der Waals surface area contributed by atoms with E-state index in [1.54, 1.807) is 11.3 Å². The van der Waals surface area contributed by atoms with Crippen LogP contribution in [-0.4, -0.2) is 4.98 Å². The highest BCUT2D eigenvalue weighted by molar-refractivity contribution is 9.10. The lowest BCUT2D eigenvalue weighted by Crippen LogP contribution is -2.21. The normalized spacial score (nSPS) is 14.7. The summed E-state index contributed by atoms with van der Waals surface area (Å²) in [5.74, 6) is 0.931. The van der Waals surface area contributed by atoms with Crippen LogP contribution >= 0.6 is 27.3 Å². The predicted octanol–water partition coefficient (Wildman–Crippen LogP) is 4.47. The molecule has 0 aliphatic rings. The molecule has 0 aliphatic carbocycles. The van der Waals surface area contributed by atoms with Crippen molar-refractivity contribution in [3.05, 3.63) is 38.6 Å². The highest BCUT2D eigenvalue weighted by Gasteiger charge is 2.16. The van der Waals surface area contributed by atoms with Gasteiger partial charge in [-0.05, 0) is 48.3 Å². The van der Waals surface area contributed by atoms with Gasteiger partial charge in [-0.2, -0.15) is 0 Å². The molecule has 0 aromatic carbocycles. The van der Waals surface area contributed by atoms with Crippen LogP contribution in [0.3, 0.4) is 0 Å². The number of nitrogens with zero attached hydrogens (tertiary/aromatic N) is 1. The average molecular weight is 329 g/mol. The van der Waals surface area contributed by atoms with Gasteiger partial charge >= 0.3 is 0 Å². The number of hydrogen-bond acceptors (Lipinski definition) is 4. The third-order valence-corrected chi connectivity index (χ3v) is 4.56. The molecule has 0 amide bonds. The third-order valence-electron chi connectivity index (χ3n) is 2.81. The summed E-state index contributed by atoms with van der Waals surface area (Å²) >= 11 is 5.09. The Morgan fingerprint density at radius 1 is 1.39 bits per heavy atom. The van der Waals surface area contributed by atoms with Crippen LogP contribution in [0.15, 0.2) is 27.4 Å². The summed E-state index contributed by atoms with van der Waals surface area (Å²) in [6.45, 7) is 6.38. The van der Waals surface area contributed by atoms with E-state index < -0.39 is 0 Å². The SMILES string of the molecule is CCc1cnc(C(C)NC(C)c2ccc(Br)o2)s1. The minimum absolute atomic E-state index is 0.167. The number of nitrogens with one attached hydrogen (secondary N) is 1. The van der Waals surface area contributed by atoms with Gasteiger partial charge in [-0.15, -0.1) is 11.3 Å². The molecule has 0 fully saturated rings.